The number of nitrogens with zero attached hydrogens (tertiary/aromatic N) is 2. The van der Waals surface area contributed by atoms with E-state index in [4.69, 9.17) is 0 Å². The Morgan fingerprint density at radius 3 is 2.61 bits per heavy atom. The van der Waals surface area contributed by atoms with E-state index in [0.717, 1.165) is 22.9 Å². The second-order valence-corrected chi connectivity index (χ2v) is 9.20. The van der Waals surface area contributed by atoms with E-state index in [1.807, 2.05) is 31.2 Å². The van der Waals surface area contributed by atoms with Crippen LogP contribution >= 0.6 is 0 Å². The average molecular weight is 467 g/mol. The highest BCUT2D eigenvalue weighted by Crippen LogP contribution is 2.20. The number of hydrogen-bond acceptors (Lipinski definition) is 4. The molecule has 4 rings (SSSR count). The summed E-state index contributed by atoms with van der Waals surface area (Å²) in [6.45, 7) is 3.04. The van der Waals surface area contributed by atoms with Crippen LogP contribution in [0.5, 0.6) is 0 Å². The molecular formula is C24H23FN4O3S. The lowest BCUT2D eigenvalue weighted by Crippen LogP contribution is -2.25. The van der Waals surface area contributed by atoms with Gasteiger partial charge in [-0.25, -0.2) is 17.8 Å². The highest BCUT2D eigenvalue weighted by molar-refractivity contribution is 7.92. The van der Waals surface area contributed by atoms with E-state index in [-0.39, 0.29) is 22.1 Å². The number of rotatable bonds is 8. The Kier molecular flexibility index (Phi) is 6.41. The van der Waals surface area contributed by atoms with Gasteiger partial charge in [-0.05, 0) is 55.8 Å². The molecule has 0 bridgehead atoms. The van der Waals surface area contributed by atoms with Gasteiger partial charge in [-0.3, -0.25) is 9.52 Å². The van der Waals surface area contributed by atoms with Gasteiger partial charge in [0.05, 0.1) is 21.6 Å². The lowest BCUT2D eigenvalue weighted by atomic mass is 10.2. The molecule has 0 saturated carbocycles. The summed E-state index contributed by atoms with van der Waals surface area (Å²) in [5.74, 6) is -0.163. The number of para-hydroxylation sites is 3. The molecule has 0 radical (unpaired) electrons. The maximum Gasteiger partial charge on any atom is 0.262 e. The second-order valence-electron chi connectivity index (χ2n) is 7.52. The molecule has 1 heterocycles. The number of benzene rings is 3. The van der Waals surface area contributed by atoms with Gasteiger partial charge < -0.3 is 9.88 Å². The molecule has 0 saturated heterocycles. The minimum Gasteiger partial charge on any atom is -0.352 e. The van der Waals surface area contributed by atoms with Gasteiger partial charge in [-0.1, -0.05) is 30.3 Å². The van der Waals surface area contributed by atoms with Gasteiger partial charge in [0.1, 0.15) is 11.6 Å². The Morgan fingerprint density at radius 2 is 1.79 bits per heavy atom. The number of aryl methyl sites for hydroxylation is 2. The molecule has 0 atom stereocenters. The van der Waals surface area contributed by atoms with Gasteiger partial charge in [0.2, 0.25) is 0 Å². The smallest absolute Gasteiger partial charge is 0.262 e. The highest BCUT2D eigenvalue weighted by Gasteiger charge is 2.18. The van der Waals surface area contributed by atoms with Crippen LogP contribution in [0.3, 0.4) is 0 Å². The number of carbonyl (C=O) groups excluding carboxylic acids is 1. The third-order valence-corrected chi connectivity index (χ3v) is 6.58. The Balaban J connectivity index is 1.38. The number of amides is 1. The van der Waals surface area contributed by atoms with Gasteiger partial charge in [-0.15, -0.1) is 0 Å². The van der Waals surface area contributed by atoms with Crippen molar-refractivity contribution in [2.24, 2.45) is 0 Å². The maximum absolute atomic E-state index is 13.8. The first-order valence-electron chi connectivity index (χ1n) is 10.4. The first kappa shape index (κ1) is 22.5. The van der Waals surface area contributed by atoms with Crippen LogP contribution in [0.1, 0.15) is 22.6 Å². The summed E-state index contributed by atoms with van der Waals surface area (Å²) >= 11 is 0. The van der Waals surface area contributed by atoms with Crippen LogP contribution in [0.25, 0.3) is 11.0 Å². The molecule has 0 spiro atoms. The molecule has 0 aliphatic carbocycles. The Labute approximate surface area is 191 Å². The monoisotopic (exact) mass is 466 g/mol. The van der Waals surface area contributed by atoms with Crippen LogP contribution in [0.2, 0.25) is 0 Å². The van der Waals surface area contributed by atoms with Crippen molar-refractivity contribution in [3.05, 3.63) is 90.0 Å². The van der Waals surface area contributed by atoms with Gasteiger partial charge >= 0.3 is 0 Å². The predicted molar refractivity (Wildman–Crippen MR) is 125 cm³/mol. The van der Waals surface area contributed by atoms with E-state index in [9.17, 15) is 17.6 Å². The number of nitrogens with one attached hydrogen (secondary N) is 2. The minimum atomic E-state index is -4.05. The Hall–Kier alpha value is -3.72. The van der Waals surface area contributed by atoms with Crippen molar-refractivity contribution in [2.75, 3.05) is 11.3 Å². The summed E-state index contributed by atoms with van der Waals surface area (Å²) in [6.07, 6.45) is 0.680. The first-order chi connectivity index (χ1) is 15.8. The average Bonchev–Trinajstić information content (AvgIpc) is 3.13. The summed E-state index contributed by atoms with van der Waals surface area (Å²) < 4.78 is 43.4. The first-order valence-corrected chi connectivity index (χ1v) is 11.9. The molecule has 0 unspecified atom stereocenters. The van der Waals surface area contributed by atoms with E-state index in [0.29, 0.717) is 19.5 Å². The van der Waals surface area contributed by atoms with Gasteiger partial charge in [0.15, 0.2) is 0 Å². The summed E-state index contributed by atoms with van der Waals surface area (Å²) in [4.78, 5) is 17.0. The number of hydrogen-bond donors (Lipinski definition) is 2. The van der Waals surface area contributed by atoms with Crippen molar-refractivity contribution in [3.63, 3.8) is 0 Å². The molecule has 7 nitrogen and oxygen atoms in total. The number of aromatic nitrogens is 2. The summed E-state index contributed by atoms with van der Waals surface area (Å²) in [5.41, 5.74) is 2.02. The zero-order chi connectivity index (χ0) is 23.4. The number of fused-ring (bicyclic) bond motifs is 1. The third-order valence-electron chi connectivity index (χ3n) is 5.21. The maximum atomic E-state index is 13.8. The van der Waals surface area contributed by atoms with E-state index in [1.54, 1.807) is 0 Å². The summed E-state index contributed by atoms with van der Waals surface area (Å²) in [5, 5.41) is 2.82. The Morgan fingerprint density at radius 1 is 1.03 bits per heavy atom. The van der Waals surface area contributed by atoms with Crippen LogP contribution < -0.4 is 10.0 Å². The van der Waals surface area contributed by atoms with Gasteiger partial charge in [0.25, 0.3) is 15.9 Å². The topological polar surface area (TPSA) is 93.1 Å². The van der Waals surface area contributed by atoms with Gasteiger partial charge in [0, 0.05) is 18.7 Å². The van der Waals surface area contributed by atoms with E-state index < -0.39 is 15.8 Å². The fourth-order valence-corrected chi connectivity index (χ4v) is 4.68. The standard InChI is InChI=1S/C24H23FN4O3S/c1-17-27-22-12-4-5-13-23(22)29(17)15-7-14-26-24(30)18-8-6-9-19(16-18)33(31,32)28-21-11-3-2-10-20(21)25/h2-6,8-13,16,28H,7,14-15H2,1H3,(H,26,30). The minimum absolute atomic E-state index is 0.126. The number of imidazole rings is 1. The molecule has 1 amide bonds. The summed E-state index contributed by atoms with van der Waals surface area (Å²) in [6, 6.07) is 19.0. The molecule has 4 aromatic rings. The number of sulfonamides is 1. The van der Waals surface area contributed by atoms with Gasteiger partial charge in [-0.2, -0.15) is 0 Å². The van der Waals surface area contributed by atoms with Crippen molar-refractivity contribution in [1.29, 1.82) is 0 Å². The molecule has 0 aliphatic heterocycles. The SMILES string of the molecule is Cc1nc2ccccc2n1CCCNC(=O)c1cccc(S(=O)(=O)Nc2ccccc2F)c1. The molecule has 2 N–H and O–H groups in total. The normalized spacial score (nSPS) is 11.5. The van der Waals surface area contributed by atoms with Crippen molar-refractivity contribution < 1.29 is 17.6 Å². The van der Waals surface area contributed by atoms with Crippen LogP contribution in [0.15, 0.2) is 77.7 Å². The Bertz CT molecular complexity index is 1420. The van der Waals surface area contributed by atoms with Crippen LogP contribution in [-0.4, -0.2) is 30.4 Å². The van der Waals surface area contributed by atoms with Crippen molar-refractivity contribution in [1.82, 2.24) is 14.9 Å². The highest BCUT2D eigenvalue weighted by atomic mass is 32.2. The van der Waals surface area contributed by atoms with E-state index in [2.05, 4.69) is 19.6 Å². The predicted octanol–water partition coefficient (Wildman–Crippen LogP) is 4.10. The lowest BCUT2D eigenvalue weighted by molar-refractivity contribution is 0.0952. The summed E-state index contributed by atoms with van der Waals surface area (Å²) in [7, 11) is -4.05. The van der Waals surface area contributed by atoms with E-state index >= 15 is 0 Å². The fourth-order valence-electron chi connectivity index (χ4n) is 3.57. The number of halogens is 1. The zero-order valence-corrected chi connectivity index (χ0v) is 18.8. The second kappa shape index (κ2) is 9.41. The van der Waals surface area contributed by atoms with Crippen LogP contribution in [0, 0.1) is 12.7 Å². The van der Waals surface area contributed by atoms with Crippen LogP contribution in [-0.2, 0) is 16.6 Å². The molecular weight excluding hydrogens is 443 g/mol. The molecule has 170 valence electrons. The third kappa shape index (κ3) is 5.04. The molecule has 1 aromatic heterocycles. The number of anilines is 1. The largest absolute Gasteiger partial charge is 0.352 e. The zero-order valence-electron chi connectivity index (χ0n) is 18.0. The quantitative estimate of drug-likeness (QED) is 0.382. The van der Waals surface area contributed by atoms with Crippen LogP contribution in [0.4, 0.5) is 10.1 Å². The number of carbonyl (C=O) groups is 1. The molecule has 33 heavy (non-hydrogen) atoms. The van der Waals surface area contributed by atoms with E-state index in [1.165, 1.54) is 42.5 Å². The molecule has 0 fully saturated rings. The fraction of sp³-hybridized carbons (Fsp3) is 0.167. The molecule has 0 aliphatic rings. The molecule has 9 heteroatoms. The van der Waals surface area contributed by atoms with Crippen molar-refractivity contribution in [2.45, 2.75) is 24.8 Å². The van der Waals surface area contributed by atoms with Crippen molar-refractivity contribution in [3.8, 4) is 0 Å². The molecule has 3 aromatic carbocycles. The van der Waals surface area contributed by atoms with Crippen molar-refractivity contribution >= 4 is 32.7 Å². The lowest BCUT2D eigenvalue weighted by Gasteiger charge is -2.11.